The lowest BCUT2D eigenvalue weighted by molar-refractivity contribution is 0.0974. The summed E-state index contributed by atoms with van der Waals surface area (Å²) >= 11 is 12.5. The minimum atomic E-state index is 0.442. The highest BCUT2D eigenvalue weighted by molar-refractivity contribution is 6.37. The second-order valence-corrected chi connectivity index (χ2v) is 6.78. The SMILES string of the molecule is CCCNc1nc(NC2CN3CCC2CC3)c(Cl)cc1Cl. The first-order valence-electron chi connectivity index (χ1n) is 7.76. The van der Waals surface area contributed by atoms with Gasteiger partial charge >= 0.3 is 0 Å². The van der Waals surface area contributed by atoms with Crippen molar-refractivity contribution in [3.05, 3.63) is 16.1 Å². The van der Waals surface area contributed by atoms with E-state index in [1.165, 1.54) is 25.9 Å². The first-order valence-corrected chi connectivity index (χ1v) is 8.51. The van der Waals surface area contributed by atoms with Gasteiger partial charge in [0.05, 0.1) is 10.0 Å². The molecule has 1 aromatic rings. The molecule has 0 saturated carbocycles. The van der Waals surface area contributed by atoms with E-state index in [1.54, 1.807) is 6.07 Å². The summed E-state index contributed by atoms with van der Waals surface area (Å²) in [5.41, 5.74) is 0. The average Bonchev–Trinajstić information content (AvgIpc) is 2.50. The highest BCUT2D eigenvalue weighted by Crippen LogP contribution is 2.33. The number of fused-ring (bicyclic) bond motifs is 3. The van der Waals surface area contributed by atoms with Gasteiger partial charge in [-0.3, -0.25) is 0 Å². The van der Waals surface area contributed by atoms with E-state index in [9.17, 15) is 0 Å². The number of pyridine rings is 1. The summed E-state index contributed by atoms with van der Waals surface area (Å²) in [5.74, 6) is 2.20. The Bertz CT molecular complexity index is 501. The highest BCUT2D eigenvalue weighted by atomic mass is 35.5. The van der Waals surface area contributed by atoms with Gasteiger partial charge in [-0.2, -0.15) is 0 Å². The van der Waals surface area contributed by atoms with Crippen LogP contribution in [0.4, 0.5) is 11.6 Å². The zero-order valence-corrected chi connectivity index (χ0v) is 13.8. The van der Waals surface area contributed by atoms with Crippen molar-refractivity contribution in [2.24, 2.45) is 5.92 Å². The van der Waals surface area contributed by atoms with Crippen LogP contribution in [0.2, 0.25) is 10.0 Å². The molecule has 3 saturated heterocycles. The Hall–Kier alpha value is -0.710. The number of hydrogen-bond donors (Lipinski definition) is 2. The van der Waals surface area contributed by atoms with Gasteiger partial charge in [-0.05, 0) is 44.3 Å². The number of rotatable bonds is 5. The molecule has 6 heteroatoms. The Morgan fingerprint density at radius 1 is 1.24 bits per heavy atom. The number of nitrogens with zero attached hydrogens (tertiary/aromatic N) is 2. The van der Waals surface area contributed by atoms with Gasteiger partial charge in [0.2, 0.25) is 0 Å². The third-order valence-corrected chi connectivity index (χ3v) is 5.03. The van der Waals surface area contributed by atoms with Crippen LogP contribution in [0.3, 0.4) is 0 Å². The molecule has 0 aromatic carbocycles. The summed E-state index contributed by atoms with van der Waals surface area (Å²) in [6.45, 7) is 6.52. The molecule has 3 aliphatic rings. The van der Waals surface area contributed by atoms with Crippen LogP contribution in [0, 0.1) is 5.92 Å². The fourth-order valence-electron chi connectivity index (χ4n) is 3.24. The summed E-state index contributed by atoms with van der Waals surface area (Å²) in [6, 6.07) is 2.22. The lowest BCUT2D eigenvalue weighted by atomic mass is 9.84. The molecular formula is C15H22Cl2N4. The molecule has 1 atom stereocenters. The molecule has 0 amide bonds. The van der Waals surface area contributed by atoms with Crippen molar-refractivity contribution >= 4 is 34.8 Å². The Kier molecular flexibility index (Phi) is 4.77. The number of nitrogens with one attached hydrogen (secondary N) is 2. The van der Waals surface area contributed by atoms with E-state index in [0.29, 0.717) is 21.9 Å². The van der Waals surface area contributed by atoms with Crippen molar-refractivity contribution in [3.63, 3.8) is 0 Å². The molecule has 21 heavy (non-hydrogen) atoms. The number of hydrogen-bond acceptors (Lipinski definition) is 4. The summed E-state index contributed by atoms with van der Waals surface area (Å²) in [7, 11) is 0. The van der Waals surface area contributed by atoms with E-state index >= 15 is 0 Å². The molecule has 2 bridgehead atoms. The number of halogens is 2. The smallest absolute Gasteiger partial charge is 0.147 e. The maximum absolute atomic E-state index is 6.31. The summed E-state index contributed by atoms with van der Waals surface area (Å²) in [4.78, 5) is 7.09. The molecule has 3 fully saturated rings. The van der Waals surface area contributed by atoms with E-state index in [2.05, 4.69) is 27.4 Å². The third-order valence-electron chi connectivity index (χ3n) is 4.45. The second-order valence-electron chi connectivity index (χ2n) is 5.96. The van der Waals surface area contributed by atoms with Crippen LogP contribution < -0.4 is 10.6 Å². The van der Waals surface area contributed by atoms with Gasteiger partial charge in [-0.1, -0.05) is 30.1 Å². The Morgan fingerprint density at radius 2 is 1.95 bits per heavy atom. The molecule has 4 rings (SSSR count). The first kappa shape index (κ1) is 15.2. The molecule has 0 spiro atoms. The molecular weight excluding hydrogens is 307 g/mol. The zero-order chi connectivity index (χ0) is 14.8. The van der Waals surface area contributed by atoms with Gasteiger partial charge in [-0.25, -0.2) is 4.98 Å². The molecule has 1 aromatic heterocycles. The van der Waals surface area contributed by atoms with Crippen molar-refractivity contribution in [1.29, 1.82) is 0 Å². The maximum Gasteiger partial charge on any atom is 0.147 e. The molecule has 1 unspecified atom stereocenters. The standard InChI is InChI=1S/C15H22Cl2N4/c1-2-5-18-14-11(16)8-12(17)15(20-14)19-13-9-21-6-3-10(13)4-7-21/h8,10,13H,2-7,9H2,1H3,(H2,18,19,20). The monoisotopic (exact) mass is 328 g/mol. The van der Waals surface area contributed by atoms with Crippen LogP contribution in [0.15, 0.2) is 6.07 Å². The fourth-order valence-corrected chi connectivity index (χ4v) is 3.72. The van der Waals surface area contributed by atoms with Crippen LogP contribution >= 0.6 is 23.2 Å². The van der Waals surface area contributed by atoms with Crippen LogP contribution in [0.1, 0.15) is 26.2 Å². The van der Waals surface area contributed by atoms with Gasteiger partial charge in [0.1, 0.15) is 11.6 Å². The van der Waals surface area contributed by atoms with Gasteiger partial charge in [0.15, 0.2) is 0 Å². The summed E-state index contributed by atoms with van der Waals surface area (Å²) in [6.07, 6.45) is 3.57. The Morgan fingerprint density at radius 3 is 2.57 bits per heavy atom. The van der Waals surface area contributed by atoms with E-state index in [-0.39, 0.29) is 0 Å². The van der Waals surface area contributed by atoms with E-state index < -0.39 is 0 Å². The number of aromatic nitrogens is 1. The normalized spacial score (nSPS) is 27.7. The minimum absolute atomic E-state index is 0.442. The minimum Gasteiger partial charge on any atom is -0.369 e. The van der Waals surface area contributed by atoms with Crippen LogP contribution in [0.5, 0.6) is 0 Å². The van der Waals surface area contributed by atoms with Crippen molar-refractivity contribution in [2.75, 3.05) is 36.8 Å². The van der Waals surface area contributed by atoms with Crippen molar-refractivity contribution in [1.82, 2.24) is 9.88 Å². The maximum atomic E-state index is 6.31. The molecule has 0 radical (unpaired) electrons. The summed E-state index contributed by atoms with van der Waals surface area (Å²) in [5, 5.41) is 7.96. The van der Waals surface area contributed by atoms with Crippen molar-refractivity contribution < 1.29 is 0 Å². The largest absolute Gasteiger partial charge is 0.369 e. The van der Waals surface area contributed by atoms with Crippen LogP contribution in [0.25, 0.3) is 0 Å². The second kappa shape index (κ2) is 6.59. The van der Waals surface area contributed by atoms with Gasteiger partial charge in [0.25, 0.3) is 0 Å². The predicted octanol–water partition coefficient (Wildman–Crippen LogP) is 3.72. The van der Waals surface area contributed by atoms with Crippen LogP contribution in [-0.4, -0.2) is 42.1 Å². The zero-order valence-electron chi connectivity index (χ0n) is 12.3. The summed E-state index contributed by atoms with van der Waals surface area (Å²) < 4.78 is 0. The quantitative estimate of drug-likeness (QED) is 0.864. The van der Waals surface area contributed by atoms with Gasteiger partial charge in [0, 0.05) is 19.1 Å². The predicted molar refractivity (Wildman–Crippen MR) is 89.6 cm³/mol. The van der Waals surface area contributed by atoms with Crippen LogP contribution in [-0.2, 0) is 0 Å². The molecule has 4 nitrogen and oxygen atoms in total. The topological polar surface area (TPSA) is 40.2 Å². The van der Waals surface area contributed by atoms with E-state index in [1.807, 2.05) is 0 Å². The Balaban J connectivity index is 1.75. The lowest BCUT2D eigenvalue weighted by Crippen LogP contribution is -2.53. The molecule has 0 aliphatic carbocycles. The molecule has 116 valence electrons. The highest BCUT2D eigenvalue weighted by Gasteiger charge is 2.34. The number of anilines is 2. The molecule has 4 heterocycles. The molecule has 2 N–H and O–H groups in total. The van der Waals surface area contributed by atoms with E-state index in [4.69, 9.17) is 23.2 Å². The number of piperidine rings is 3. The third kappa shape index (κ3) is 3.38. The van der Waals surface area contributed by atoms with Crippen molar-refractivity contribution in [2.45, 2.75) is 32.2 Å². The Labute approximate surface area is 136 Å². The molecule has 3 aliphatic heterocycles. The first-order chi connectivity index (χ1) is 10.2. The van der Waals surface area contributed by atoms with Gasteiger partial charge in [-0.15, -0.1) is 0 Å². The lowest BCUT2D eigenvalue weighted by Gasteiger charge is -2.45. The average molecular weight is 329 g/mol. The van der Waals surface area contributed by atoms with E-state index in [0.717, 1.165) is 31.2 Å². The van der Waals surface area contributed by atoms with Gasteiger partial charge < -0.3 is 15.5 Å². The van der Waals surface area contributed by atoms with Crippen molar-refractivity contribution in [3.8, 4) is 0 Å². The fraction of sp³-hybridized carbons (Fsp3) is 0.667.